The van der Waals surface area contributed by atoms with Crippen LogP contribution < -0.4 is 5.32 Å². The van der Waals surface area contributed by atoms with Gasteiger partial charge in [0.15, 0.2) is 0 Å². The third-order valence-electron chi connectivity index (χ3n) is 3.44. The fourth-order valence-electron chi connectivity index (χ4n) is 2.29. The zero-order valence-electron chi connectivity index (χ0n) is 11.4. The minimum atomic E-state index is 0.117. The van der Waals surface area contributed by atoms with E-state index >= 15 is 0 Å². The Morgan fingerprint density at radius 3 is 2.30 bits per heavy atom. The van der Waals surface area contributed by atoms with E-state index in [4.69, 9.17) is 34.8 Å². The van der Waals surface area contributed by atoms with Gasteiger partial charge in [-0.25, -0.2) is 0 Å². The summed E-state index contributed by atoms with van der Waals surface area (Å²) in [7, 11) is 1.93. The second kappa shape index (κ2) is 6.82. The van der Waals surface area contributed by atoms with E-state index in [9.17, 15) is 0 Å². The van der Waals surface area contributed by atoms with Crippen LogP contribution in [0, 0.1) is 6.92 Å². The quantitative estimate of drug-likeness (QED) is 0.786. The summed E-state index contributed by atoms with van der Waals surface area (Å²) in [6.07, 6.45) is 0.718. The van der Waals surface area contributed by atoms with Crippen molar-refractivity contribution in [2.45, 2.75) is 19.4 Å². The van der Waals surface area contributed by atoms with Gasteiger partial charge in [0, 0.05) is 21.1 Å². The molecule has 1 nitrogen and oxygen atoms in total. The van der Waals surface area contributed by atoms with Crippen molar-refractivity contribution >= 4 is 34.8 Å². The Bertz CT molecular complexity index is 590. The largest absolute Gasteiger partial charge is 0.313 e. The Morgan fingerprint density at radius 1 is 1.05 bits per heavy atom. The van der Waals surface area contributed by atoms with Crippen molar-refractivity contribution in [3.63, 3.8) is 0 Å². The van der Waals surface area contributed by atoms with Gasteiger partial charge in [0.2, 0.25) is 0 Å². The van der Waals surface area contributed by atoms with Crippen LogP contribution in [0.1, 0.15) is 22.7 Å². The number of aryl methyl sites for hydroxylation is 1. The van der Waals surface area contributed by atoms with Crippen LogP contribution in [0.2, 0.25) is 15.1 Å². The molecule has 1 N–H and O–H groups in total. The molecule has 0 aliphatic carbocycles. The summed E-state index contributed by atoms with van der Waals surface area (Å²) in [5, 5.41) is 5.43. The molecule has 0 aliphatic rings. The lowest BCUT2D eigenvalue weighted by molar-refractivity contribution is 0.589. The van der Waals surface area contributed by atoms with Crippen LogP contribution in [0.3, 0.4) is 0 Å². The molecule has 0 heterocycles. The molecule has 1 unspecified atom stereocenters. The predicted octanol–water partition coefficient (Wildman–Crippen LogP) is 5.46. The second-order valence-electron chi connectivity index (χ2n) is 4.75. The Labute approximate surface area is 134 Å². The fourth-order valence-corrected chi connectivity index (χ4v) is 3.02. The molecule has 106 valence electrons. The van der Waals surface area contributed by atoms with Gasteiger partial charge in [-0.05, 0) is 61.3 Å². The summed E-state index contributed by atoms with van der Waals surface area (Å²) < 4.78 is 0. The summed E-state index contributed by atoms with van der Waals surface area (Å²) in [4.78, 5) is 0. The highest BCUT2D eigenvalue weighted by Gasteiger charge is 2.16. The average molecular weight is 329 g/mol. The third kappa shape index (κ3) is 3.48. The highest BCUT2D eigenvalue weighted by molar-refractivity contribution is 6.36. The summed E-state index contributed by atoms with van der Waals surface area (Å²) in [6.45, 7) is 2.07. The maximum atomic E-state index is 6.25. The van der Waals surface area contributed by atoms with Gasteiger partial charge >= 0.3 is 0 Å². The smallest absolute Gasteiger partial charge is 0.0453 e. The van der Waals surface area contributed by atoms with Gasteiger partial charge in [-0.2, -0.15) is 0 Å². The lowest BCUT2D eigenvalue weighted by Crippen LogP contribution is -2.20. The van der Waals surface area contributed by atoms with Crippen molar-refractivity contribution in [1.29, 1.82) is 0 Å². The van der Waals surface area contributed by atoms with Crippen LogP contribution in [0.5, 0.6) is 0 Å². The first-order valence-corrected chi connectivity index (χ1v) is 7.52. The first kappa shape index (κ1) is 15.7. The maximum Gasteiger partial charge on any atom is 0.0453 e. The molecule has 0 aromatic heterocycles. The SMILES string of the molecule is CNC(Cc1c(Cl)cccc1Cl)c1cc(Cl)ccc1C. The Balaban J connectivity index is 2.36. The molecule has 2 aromatic rings. The molecular formula is C16H16Cl3N. The highest BCUT2D eigenvalue weighted by Crippen LogP contribution is 2.31. The van der Waals surface area contributed by atoms with Gasteiger partial charge in [0.1, 0.15) is 0 Å². The van der Waals surface area contributed by atoms with Crippen LogP contribution >= 0.6 is 34.8 Å². The van der Waals surface area contributed by atoms with Crippen molar-refractivity contribution in [3.05, 3.63) is 68.2 Å². The van der Waals surface area contributed by atoms with E-state index < -0.39 is 0 Å². The molecule has 0 saturated carbocycles. The van der Waals surface area contributed by atoms with Crippen molar-refractivity contribution in [2.75, 3.05) is 7.05 Å². The molecule has 0 amide bonds. The highest BCUT2D eigenvalue weighted by atomic mass is 35.5. The van der Waals surface area contributed by atoms with Crippen LogP contribution in [0.15, 0.2) is 36.4 Å². The minimum absolute atomic E-state index is 0.117. The van der Waals surface area contributed by atoms with E-state index in [2.05, 4.69) is 12.2 Å². The predicted molar refractivity (Wildman–Crippen MR) is 88.2 cm³/mol. The Hall–Kier alpha value is -0.730. The van der Waals surface area contributed by atoms with E-state index in [1.54, 1.807) is 0 Å². The lowest BCUT2D eigenvalue weighted by atomic mass is 9.95. The second-order valence-corrected chi connectivity index (χ2v) is 6.00. The zero-order chi connectivity index (χ0) is 14.7. The first-order valence-electron chi connectivity index (χ1n) is 6.39. The third-order valence-corrected chi connectivity index (χ3v) is 4.38. The maximum absolute atomic E-state index is 6.25. The number of benzene rings is 2. The molecule has 0 fully saturated rings. The number of halogens is 3. The lowest BCUT2D eigenvalue weighted by Gasteiger charge is -2.20. The van der Waals surface area contributed by atoms with E-state index in [0.717, 1.165) is 22.6 Å². The molecule has 4 heteroatoms. The molecule has 0 saturated heterocycles. The van der Waals surface area contributed by atoms with Crippen LogP contribution in [0.4, 0.5) is 0 Å². The molecule has 0 bridgehead atoms. The summed E-state index contributed by atoms with van der Waals surface area (Å²) >= 11 is 18.6. The molecule has 2 aromatic carbocycles. The monoisotopic (exact) mass is 327 g/mol. The van der Waals surface area contributed by atoms with E-state index in [1.807, 2.05) is 43.4 Å². The number of rotatable bonds is 4. The van der Waals surface area contributed by atoms with E-state index in [1.165, 1.54) is 5.56 Å². The number of likely N-dealkylation sites (N-methyl/N-ethyl adjacent to an activating group) is 1. The van der Waals surface area contributed by atoms with Gasteiger partial charge in [0.05, 0.1) is 0 Å². The van der Waals surface area contributed by atoms with Gasteiger partial charge in [-0.1, -0.05) is 46.9 Å². The van der Waals surface area contributed by atoms with Gasteiger partial charge in [0.25, 0.3) is 0 Å². The number of nitrogens with one attached hydrogen (secondary N) is 1. The van der Waals surface area contributed by atoms with Gasteiger partial charge in [-0.3, -0.25) is 0 Å². The summed E-state index contributed by atoms with van der Waals surface area (Å²) in [6, 6.07) is 11.6. The van der Waals surface area contributed by atoms with Crippen LogP contribution in [-0.2, 0) is 6.42 Å². The first-order chi connectivity index (χ1) is 9.52. The fraction of sp³-hybridized carbons (Fsp3) is 0.250. The zero-order valence-corrected chi connectivity index (χ0v) is 13.7. The van der Waals surface area contributed by atoms with Crippen molar-refractivity contribution in [2.24, 2.45) is 0 Å². The Kier molecular flexibility index (Phi) is 5.34. The molecule has 1 atom stereocenters. The number of hydrogen-bond donors (Lipinski definition) is 1. The molecule has 0 spiro atoms. The van der Waals surface area contributed by atoms with Crippen LogP contribution in [0.25, 0.3) is 0 Å². The summed E-state index contributed by atoms with van der Waals surface area (Å²) in [5.41, 5.74) is 3.31. The van der Waals surface area contributed by atoms with Crippen LogP contribution in [-0.4, -0.2) is 7.05 Å². The molecular weight excluding hydrogens is 313 g/mol. The van der Waals surface area contributed by atoms with Gasteiger partial charge < -0.3 is 5.32 Å². The topological polar surface area (TPSA) is 12.0 Å². The standard InChI is InChI=1S/C16H16Cl3N/c1-10-6-7-11(17)8-12(10)16(20-2)9-13-14(18)4-3-5-15(13)19/h3-8,16,20H,9H2,1-2H3. The molecule has 2 rings (SSSR count). The average Bonchev–Trinajstić information content (AvgIpc) is 2.42. The van der Waals surface area contributed by atoms with E-state index in [-0.39, 0.29) is 6.04 Å². The van der Waals surface area contributed by atoms with Crippen molar-refractivity contribution in [3.8, 4) is 0 Å². The molecule has 0 aliphatic heterocycles. The van der Waals surface area contributed by atoms with Crippen molar-refractivity contribution < 1.29 is 0 Å². The Morgan fingerprint density at radius 2 is 1.70 bits per heavy atom. The molecule has 0 radical (unpaired) electrons. The normalized spacial score (nSPS) is 12.4. The van der Waals surface area contributed by atoms with Crippen molar-refractivity contribution in [1.82, 2.24) is 5.32 Å². The minimum Gasteiger partial charge on any atom is -0.313 e. The van der Waals surface area contributed by atoms with Gasteiger partial charge in [-0.15, -0.1) is 0 Å². The summed E-state index contributed by atoms with van der Waals surface area (Å²) in [5.74, 6) is 0. The van der Waals surface area contributed by atoms with E-state index in [0.29, 0.717) is 10.0 Å². The molecule has 20 heavy (non-hydrogen) atoms. The number of hydrogen-bond acceptors (Lipinski definition) is 1.